The molecule has 0 fully saturated rings. The van der Waals surface area contributed by atoms with E-state index in [9.17, 15) is 4.79 Å². The average Bonchev–Trinajstić information content (AvgIpc) is 2.37. The van der Waals surface area contributed by atoms with Crippen molar-refractivity contribution in [1.29, 1.82) is 0 Å². The van der Waals surface area contributed by atoms with E-state index < -0.39 is 0 Å². The molecule has 0 N–H and O–H groups in total. The average molecular weight is 323 g/mol. The largest absolute Gasteiger partial charge is 0.334 e. The summed E-state index contributed by atoms with van der Waals surface area (Å²) in [7, 11) is 0. The molecule has 0 atom stereocenters. The Morgan fingerprint density at radius 3 is 2.11 bits per heavy atom. The minimum atomic E-state index is -0.0706. The summed E-state index contributed by atoms with van der Waals surface area (Å²) in [5, 5.41) is 0.928. The van der Waals surface area contributed by atoms with Gasteiger partial charge in [-0.1, -0.05) is 37.0 Å². The minimum Gasteiger partial charge on any atom is -0.334 e. The van der Waals surface area contributed by atoms with Gasteiger partial charge < -0.3 is 4.90 Å². The molecule has 0 aliphatic heterocycles. The quantitative estimate of drug-likeness (QED) is 0.685. The van der Waals surface area contributed by atoms with Crippen LogP contribution in [-0.2, 0) is 0 Å². The molecule has 0 radical (unpaired) electrons. The zero-order valence-electron chi connectivity index (χ0n) is 11.1. The Kier molecular flexibility index (Phi) is 6.98. The molecule has 0 saturated carbocycles. The molecule has 1 aromatic carbocycles. The fourth-order valence-corrected chi connectivity index (χ4v) is 2.82. The molecular weight excluding hydrogens is 305 g/mol. The Hall–Kier alpha value is -0.440. The zero-order valence-corrected chi connectivity index (χ0v) is 13.4. The zero-order chi connectivity index (χ0) is 14.4. The third-order valence-electron chi connectivity index (χ3n) is 3.08. The molecule has 0 bridgehead atoms. The molecule has 0 unspecified atom stereocenters. The second-order valence-electron chi connectivity index (χ2n) is 4.32. The van der Waals surface area contributed by atoms with Crippen molar-refractivity contribution in [1.82, 2.24) is 4.90 Å². The van der Waals surface area contributed by atoms with Gasteiger partial charge in [-0.05, 0) is 31.0 Å². The molecule has 1 aromatic rings. The Morgan fingerprint density at radius 2 is 1.68 bits per heavy atom. The van der Waals surface area contributed by atoms with Gasteiger partial charge in [-0.2, -0.15) is 0 Å². The number of amides is 1. The number of nitrogens with zero attached hydrogens (tertiary/aromatic N) is 1. The van der Waals surface area contributed by atoms with E-state index in [4.69, 9.17) is 34.8 Å². The van der Waals surface area contributed by atoms with Gasteiger partial charge in [0.1, 0.15) is 0 Å². The molecular formula is C14H18Cl3NO. The first-order valence-electron chi connectivity index (χ1n) is 6.36. The lowest BCUT2D eigenvalue weighted by Gasteiger charge is -2.30. The van der Waals surface area contributed by atoms with Gasteiger partial charge in [-0.25, -0.2) is 0 Å². The van der Waals surface area contributed by atoms with Crippen LogP contribution >= 0.6 is 34.8 Å². The van der Waals surface area contributed by atoms with Crippen LogP contribution in [0.15, 0.2) is 18.2 Å². The minimum absolute atomic E-state index is 0.0706. The molecule has 106 valence electrons. The Bertz CT molecular complexity index is 412. The third kappa shape index (κ3) is 4.55. The van der Waals surface area contributed by atoms with Gasteiger partial charge >= 0.3 is 0 Å². The summed E-state index contributed by atoms with van der Waals surface area (Å²) < 4.78 is 0. The first kappa shape index (κ1) is 16.6. The molecule has 0 spiro atoms. The number of hydrogen-bond acceptors (Lipinski definition) is 1. The summed E-state index contributed by atoms with van der Waals surface area (Å²) >= 11 is 17.7. The van der Waals surface area contributed by atoms with Gasteiger partial charge in [0.05, 0.1) is 0 Å². The molecule has 1 amide bonds. The van der Waals surface area contributed by atoms with Gasteiger partial charge in [0.15, 0.2) is 0 Å². The van der Waals surface area contributed by atoms with Crippen molar-refractivity contribution in [2.45, 2.75) is 32.7 Å². The molecule has 0 saturated heterocycles. The number of alkyl halides is 1. The molecule has 1 rings (SSSR count). The summed E-state index contributed by atoms with van der Waals surface area (Å²) in [5.74, 6) is 0.343. The summed E-state index contributed by atoms with van der Waals surface area (Å²) in [6, 6.07) is 5.07. The Balaban J connectivity index is 3.04. The van der Waals surface area contributed by atoms with E-state index in [-0.39, 0.29) is 11.9 Å². The van der Waals surface area contributed by atoms with Crippen molar-refractivity contribution in [2.75, 3.05) is 12.4 Å². The van der Waals surface area contributed by atoms with Crippen molar-refractivity contribution in [3.8, 4) is 0 Å². The maximum Gasteiger partial charge on any atom is 0.254 e. The molecule has 0 aromatic heterocycles. The van der Waals surface area contributed by atoms with Crippen molar-refractivity contribution in [3.63, 3.8) is 0 Å². The number of carbonyl (C=O) groups excluding carboxylic acids is 1. The van der Waals surface area contributed by atoms with Gasteiger partial charge in [0, 0.05) is 34.1 Å². The van der Waals surface area contributed by atoms with Crippen molar-refractivity contribution in [2.24, 2.45) is 0 Å². The van der Waals surface area contributed by atoms with E-state index >= 15 is 0 Å². The molecule has 19 heavy (non-hydrogen) atoms. The lowest BCUT2D eigenvalue weighted by Crippen LogP contribution is -2.41. The van der Waals surface area contributed by atoms with Gasteiger partial charge in [0.25, 0.3) is 5.91 Å². The maximum absolute atomic E-state index is 12.5. The van der Waals surface area contributed by atoms with Crippen LogP contribution in [0.1, 0.15) is 37.0 Å². The third-order valence-corrected chi connectivity index (χ3v) is 3.68. The van der Waals surface area contributed by atoms with Crippen LogP contribution in [0, 0.1) is 0 Å². The molecule has 0 aliphatic carbocycles. The van der Waals surface area contributed by atoms with E-state index in [1.54, 1.807) is 23.1 Å². The second-order valence-corrected chi connectivity index (χ2v) is 5.57. The number of carbonyl (C=O) groups is 1. The van der Waals surface area contributed by atoms with Crippen LogP contribution in [0.25, 0.3) is 0 Å². The number of halogens is 3. The summed E-state index contributed by atoms with van der Waals surface area (Å²) in [6.07, 6.45) is 1.79. The fraction of sp³-hybridized carbons (Fsp3) is 0.500. The van der Waals surface area contributed by atoms with Gasteiger partial charge in [-0.3, -0.25) is 4.79 Å². The van der Waals surface area contributed by atoms with E-state index in [0.29, 0.717) is 28.0 Å². The highest BCUT2D eigenvalue weighted by Crippen LogP contribution is 2.22. The predicted molar refractivity (Wildman–Crippen MR) is 82.6 cm³/mol. The highest BCUT2D eigenvalue weighted by molar-refractivity contribution is 6.35. The van der Waals surface area contributed by atoms with Crippen LogP contribution in [0.3, 0.4) is 0 Å². The smallest absolute Gasteiger partial charge is 0.254 e. The maximum atomic E-state index is 12.5. The highest BCUT2D eigenvalue weighted by atomic mass is 35.5. The van der Waals surface area contributed by atoms with Gasteiger partial charge in [-0.15, -0.1) is 11.6 Å². The lowest BCUT2D eigenvalue weighted by atomic mass is 10.1. The molecule has 2 nitrogen and oxygen atoms in total. The number of benzene rings is 1. The van der Waals surface area contributed by atoms with E-state index in [1.807, 2.05) is 0 Å². The number of rotatable bonds is 6. The molecule has 0 heterocycles. The first-order valence-corrected chi connectivity index (χ1v) is 7.65. The summed E-state index contributed by atoms with van der Waals surface area (Å²) in [5.41, 5.74) is 0.509. The monoisotopic (exact) mass is 321 g/mol. The van der Waals surface area contributed by atoms with Gasteiger partial charge in [0.2, 0.25) is 0 Å². The SMILES string of the molecule is CCC(CC)N(CCCl)C(=O)c1cc(Cl)cc(Cl)c1. The van der Waals surface area contributed by atoms with Crippen molar-refractivity contribution in [3.05, 3.63) is 33.8 Å². The normalized spacial score (nSPS) is 10.8. The van der Waals surface area contributed by atoms with Crippen LogP contribution in [-0.4, -0.2) is 29.3 Å². The predicted octanol–water partition coefficient (Wildman–Crippen LogP) is 4.86. The van der Waals surface area contributed by atoms with E-state index in [0.717, 1.165) is 12.8 Å². The van der Waals surface area contributed by atoms with E-state index in [2.05, 4.69) is 13.8 Å². The number of hydrogen-bond donors (Lipinski definition) is 0. The van der Waals surface area contributed by atoms with Crippen LogP contribution < -0.4 is 0 Å². The summed E-state index contributed by atoms with van der Waals surface area (Å²) in [6.45, 7) is 4.65. The lowest BCUT2D eigenvalue weighted by molar-refractivity contribution is 0.0681. The topological polar surface area (TPSA) is 20.3 Å². The standard InChI is InChI=1S/C14H18Cl3NO/c1-3-13(4-2)18(6-5-15)14(19)10-7-11(16)9-12(17)8-10/h7-9,13H,3-6H2,1-2H3. The second kappa shape index (κ2) is 7.98. The molecule has 0 aliphatic rings. The highest BCUT2D eigenvalue weighted by Gasteiger charge is 2.22. The van der Waals surface area contributed by atoms with Crippen LogP contribution in [0.2, 0.25) is 10.0 Å². The van der Waals surface area contributed by atoms with Crippen molar-refractivity contribution >= 4 is 40.7 Å². The van der Waals surface area contributed by atoms with Crippen LogP contribution in [0.4, 0.5) is 0 Å². The fourth-order valence-electron chi connectivity index (χ4n) is 2.11. The Labute approximate surface area is 129 Å². The Morgan fingerprint density at radius 1 is 1.16 bits per heavy atom. The molecule has 5 heteroatoms. The van der Waals surface area contributed by atoms with Crippen molar-refractivity contribution < 1.29 is 4.79 Å². The first-order chi connectivity index (χ1) is 9.03. The van der Waals surface area contributed by atoms with Crippen LogP contribution in [0.5, 0.6) is 0 Å². The van der Waals surface area contributed by atoms with E-state index in [1.165, 1.54) is 0 Å². The summed E-state index contributed by atoms with van der Waals surface area (Å²) in [4.78, 5) is 14.3.